The van der Waals surface area contributed by atoms with Gasteiger partial charge < -0.3 is 45.4 Å². The van der Waals surface area contributed by atoms with Crippen molar-refractivity contribution in [1.82, 2.24) is 50.3 Å². The van der Waals surface area contributed by atoms with Gasteiger partial charge in [0.05, 0.1) is 57.8 Å². The molecule has 418 valence electrons. The fourth-order valence-corrected chi connectivity index (χ4v) is 9.82. The lowest BCUT2D eigenvalue weighted by Crippen LogP contribution is -2.47. The van der Waals surface area contributed by atoms with Gasteiger partial charge in [-0.2, -0.15) is 0 Å². The van der Waals surface area contributed by atoms with Crippen LogP contribution in [0.1, 0.15) is 125 Å². The summed E-state index contributed by atoms with van der Waals surface area (Å²) < 4.78 is 9.88. The molecule has 0 atom stereocenters. The number of aryl methyl sites for hydroxylation is 4. The standard InChI is InChI=1S/C55H76N10O12/c1-9-35-37(11-3)54-60-43(35)25-41-33(6)39(15-14-16-52(74)76-8)45(58-41)27-46-40(34(7)42(59-46)26-44-36(10-2)38(12-4)55(61-44)62-54)17-18-47(66)56-19-20-57-48(67)28-64(30-50(70)71)23-21-63(29-49(68)69)22-24-65(31-51(72)73)32-53(75)77-13-5/h25-27,58-59H,9-24,28-32H2,1-8H3,(H,56,66)(H,57,67)(H,68,69)(H,70,71)(H,72,73). The van der Waals surface area contributed by atoms with E-state index in [1.807, 2.05) is 6.92 Å². The van der Waals surface area contributed by atoms with Gasteiger partial charge in [0.2, 0.25) is 11.8 Å². The summed E-state index contributed by atoms with van der Waals surface area (Å²) in [6, 6.07) is 6.21. The Hall–Kier alpha value is -7.30. The van der Waals surface area contributed by atoms with Gasteiger partial charge in [-0.15, -0.1) is 0 Å². The molecule has 0 saturated heterocycles. The summed E-state index contributed by atoms with van der Waals surface area (Å²) in [5.74, 6) is -3.95. The van der Waals surface area contributed by atoms with Gasteiger partial charge in [0.1, 0.15) is 0 Å². The maximum atomic E-state index is 13.5. The van der Waals surface area contributed by atoms with Crippen LogP contribution in [0.15, 0.2) is 18.2 Å². The van der Waals surface area contributed by atoms with Crippen molar-refractivity contribution in [3.8, 4) is 0 Å². The van der Waals surface area contributed by atoms with E-state index in [1.54, 1.807) is 6.92 Å². The first-order valence-electron chi connectivity index (χ1n) is 26.5. The molecule has 2 amide bonds. The monoisotopic (exact) mass is 1070 g/mol. The lowest BCUT2D eigenvalue weighted by Gasteiger charge is -2.27. The van der Waals surface area contributed by atoms with Crippen LogP contribution in [-0.4, -0.2) is 182 Å². The lowest BCUT2D eigenvalue weighted by molar-refractivity contribution is -0.147. The maximum absolute atomic E-state index is 13.5. The molecular formula is C55H76N10O12. The second-order valence-corrected chi connectivity index (χ2v) is 18.9. The van der Waals surface area contributed by atoms with Crippen LogP contribution in [0.4, 0.5) is 0 Å². The Kier molecular flexibility index (Phi) is 23.0. The highest BCUT2D eigenvalue weighted by Crippen LogP contribution is 2.38. The van der Waals surface area contributed by atoms with Crippen LogP contribution >= 0.6 is 0 Å². The molecule has 0 fully saturated rings. The van der Waals surface area contributed by atoms with Gasteiger partial charge in [0, 0.05) is 85.3 Å². The van der Waals surface area contributed by atoms with Crippen molar-refractivity contribution < 1.29 is 58.4 Å². The van der Waals surface area contributed by atoms with Crippen molar-refractivity contribution in [2.75, 3.05) is 85.7 Å². The number of aliphatic carboxylic acids is 3. The highest BCUT2D eigenvalue weighted by Gasteiger charge is 2.25. The van der Waals surface area contributed by atoms with Crippen LogP contribution in [0.2, 0.25) is 0 Å². The number of ether oxygens (including phenoxy) is 2. The van der Waals surface area contributed by atoms with E-state index in [4.69, 9.17) is 24.4 Å². The van der Waals surface area contributed by atoms with E-state index in [2.05, 4.69) is 73.4 Å². The van der Waals surface area contributed by atoms with Crippen molar-refractivity contribution in [1.29, 1.82) is 0 Å². The Labute approximate surface area is 448 Å². The topological polar surface area (TPSA) is 303 Å². The van der Waals surface area contributed by atoms with E-state index in [9.17, 15) is 48.9 Å². The molecular weight excluding hydrogens is 993 g/mol. The number of carbonyl (C=O) groups is 7. The molecule has 3 aromatic heterocycles. The average Bonchev–Trinajstić information content (AvgIpc) is 4.12. The van der Waals surface area contributed by atoms with E-state index in [1.165, 1.54) is 21.8 Å². The van der Waals surface area contributed by atoms with Crippen LogP contribution in [0, 0.1) is 13.8 Å². The molecule has 0 radical (unpaired) electrons. The number of methoxy groups -OCH3 is 1. The third kappa shape index (κ3) is 17.1. The number of amides is 2. The molecule has 5 rings (SSSR count). The highest BCUT2D eigenvalue weighted by atomic mass is 16.5. The largest absolute Gasteiger partial charge is 0.480 e. The molecule has 0 spiro atoms. The number of esters is 2. The minimum atomic E-state index is -1.21. The first kappa shape index (κ1) is 60.6. The highest BCUT2D eigenvalue weighted by molar-refractivity contribution is 5.94. The molecule has 22 heteroatoms. The summed E-state index contributed by atoms with van der Waals surface area (Å²) >= 11 is 0. The number of carboxylic acid groups (broad SMARTS) is 3. The molecule has 2 aliphatic rings. The number of nitrogens with one attached hydrogen (secondary N) is 4. The summed E-state index contributed by atoms with van der Waals surface area (Å²) in [6.07, 6.45) is 4.89. The molecule has 0 unspecified atom stereocenters. The smallest absolute Gasteiger partial charge is 0.320 e. The number of nitrogens with zero attached hydrogens (tertiary/aromatic N) is 6. The number of aromatic nitrogens is 5. The zero-order chi connectivity index (χ0) is 56.3. The average molecular weight is 1070 g/mol. The van der Waals surface area contributed by atoms with E-state index in [0.29, 0.717) is 30.9 Å². The van der Waals surface area contributed by atoms with Crippen LogP contribution in [0.5, 0.6) is 0 Å². The number of hydrogen-bond donors (Lipinski definition) is 7. The molecule has 5 heterocycles. The third-order valence-electron chi connectivity index (χ3n) is 13.7. The van der Waals surface area contributed by atoms with Crippen LogP contribution in [0.25, 0.3) is 44.4 Å². The second kappa shape index (κ2) is 29.3. The normalized spacial score (nSPS) is 12.5. The number of carbonyl (C=O) groups excluding carboxylic acids is 4. The fourth-order valence-electron chi connectivity index (χ4n) is 9.82. The Morgan fingerprint density at radius 3 is 1.45 bits per heavy atom. The molecule has 8 bridgehead atoms. The quantitative estimate of drug-likeness (QED) is 0.0323. The molecule has 77 heavy (non-hydrogen) atoms. The minimum absolute atomic E-state index is 0.00134. The number of rotatable bonds is 31. The van der Waals surface area contributed by atoms with Crippen molar-refractivity contribution in [2.45, 2.75) is 106 Å². The first-order valence-corrected chi connectivity index (χ1v) is 26.5. The summed E-state index contributed by atoms with van der Waals surface area (Å²) in [6.45, 7) is 12.3. The summed E-state index contributed by atoms with van der Waals surface area (Å²) in [4.78, 5) is 113. The number of fused-ring (bicyclic) bond motifs is 8. The van der Waals surface area contributed by atoms with Gasteiger partial charge in [-0.3, -0.25) is 48.3 Å². The van der Waals surface area contributed by atoms with Crippen molar-refractivity contribution in [3.63, 3.8) is 0 Å². The van der Waals surface area contributed by atoms with Gasteiger partial charge in [-0.1, -0.05) is 27.7 Å². The van der Waals surface area contributed by atoms with Crippen LogP contribution in [0.3, 0.4) is 0 Å². The molecule has 22 nitrogen and oxygen atoms in total. The van der Waals surface area contributed by atoms with Gasteiger partial charge in [-0.05, 0) is 117 Å². The SMILES string of the molecule is CCOC(=O)CN(CCN(CCN(CC(=O)O)CC(=O)NCCNC(=O)CCc1c(C)c2cc3nc(nc4nc(cc5[nH]c(cc1[nH]2)c(CCCC(=O)OC)c5C)C(CC)=C4CC)C(CC)=C3CC)CC(=O)O)CC(=O)O. The number of H-pyrrole nitrogens is 2. The van der Waals surface area contributed by atoms with Gasteiger partial charge in [-0.25, -0.2) is 15.0 Å². The van der Waals surface area contributed by atoms with Gasteiger partial charge in [0.25, 0.3) is 0 Å². The van der Waals surface area contributed by atoms with Crippen molar-refractivity contribution in [2.24, 2.45) is 0 Å². The maximum Gasteiger partial charge on any atom is 0.320 e. The first-order chi connectivity index (χ1) is 36.8. The van der Waals surface area contributed by atoms with Crippen molar-refractivity contribution in [3.05, 3.63) is 63.5 Å². The fraction of sp³-hybridized carbons (Fsp3) is 0.527. The van der Waals surface area contributed by atoms with E-state index < -0.39 is 49.4 Å². The van der Waals surface area contributed by atoms with Gasteiger partial charge >= 0.3 is 29.8 Å². The zero-order valence-electron chi connectivity index (χ0n) is 45.8. The Balaban J connectivity index is 1.35. The summed E-state index contributed by atoms with van der Waals surface area (Å²) in [5.41, 5.74) is 13.4. The minimum Gasteiger partial charge on any atom is -0.480 e. The Morgan fingerprint density at radius 2 is 0.987 bits per heavy atom. The molecule has 0 aromatic carbocycles. The molecule has 7 N–H and O–H groups in total. The second-order valence-electron chi connectivity index (χ2n) is 18.9. The summed E-state index contributed by atoms with van der Waals surface area (Å²) in [7, 11) is 1.38. The predicted molar refractivity (Wildman–Crippen MR) is 291 cm³/mol. The van der Waals surface area contributed by atoms with Crippen LogP contribution in [-0.2, 0) is 55.9 Å². The molecule has 2 aliphatic heterocycles. The molecule has 3 aromatic rings. The number of hydrogen-bond acceptors (Lipinski definition) is 15. The molecule has 0 aliphatic carbocycles. The van der Waals surface area contributed by atoms with E-state index >= 15 is 0 Å². The zero-order valence-corrected chi connectivity index (χ0v) is 45.8. The van der Waals surface area contributed by atoms with Crippen LogP contribution < -0.4 is 10.6 Å². The van der Waals surface area contributed by atoms with E-state index in [-0.39, 0.29) is 83.7 Å². The van der Waals surface area contributed by atoms with E-state index in [0.717, 1.165) is 104 Å². The van der Waals surface area contributed by atoms with Crippen molar-refractivity contribution >= 4 is 86.0 Å². The number of carboxylic acids is 3. The Bertz CT molecular complexity index is 2900. The number of allylic oxidation sites excluding steroid dienone is 4. The predicted octanol–water partition coefficient (Wildman–Crippen LogP) is 5.17. The Morgan fingerprint density at radius 1 is 0.532 bits per heavy atom. The van der Waals surface area contributed by atoms with Gasteiger partial charge in [0.15, 0.2) is 11.6 Å². The third-order valence-corrected chi connectivity index (χ3v) is 13.7. The molecule has 0 saturated carbocycles. The lowest BCUT2D eigenvalue weighted by atomic mass is 10.0. The number of aromatic amines is 2. The summed E-state index contributed by atoms with van der Waals surface area (Å²) in [5, 5.41) is 34.1.